The molecule has 0 unspecified atom stereocenters. The van der Waals surface area contributed by atoms with Gasteiger partial charge in [0.1, 0.15) is 5.75 Å². The molecule has 5 heteroatoms. The standard InChI is InChI=1S/C20H22F2N2O/c21-18-3-2-17(12-19(18)22)24-8-5-16(6-9-24)23-13-14-1-4-20-15(11-14)7-10-25-20/h1-4,11-12,16,23H,5-10,13H2. The lowest BCUT2D eigenvalue weighted by Crippen LogP contribution is -2.42. The quantitative estimate of drug-likeness (QED) is 0.916. The first-order valence-electron chi connectivity index (χ1n) is 8.87. The van der Waals surface area contributed by atoms with Crippen LogP contribution in [0.3, 0.4) is 0 Å². The zero-order chi connectivity index (χ0) is 17.2. The Balaban J connectivity index is 1.29. The number of ether oxygens (including phenoxy) is 1. The number of piperidine rings is 1. The van der Waals surface area contributed by atoms with E-state index in [-0.39, 0.29) is 0 Å². The van der Waals surface area contributed by atoms with Gasteiger partial charge in [-0.15, -0.1) is 0 Å². The Morgan fingerprint density at radius 3 is 2.68 bits per heavy atom. The van der Waals surface area contributed by atoms with E-state index >= 15 is 0 Å². The van der Waals surface area contributed by atoms with Gasteiger partial charge < -0.3 is 15.0 Å². The van der Waals surface area contributed by atoms with Crippen molar-refractivity contribution >= 4 is 5.69 Å². The van der Waals surface area contributed by atoms with Crippen LogP contribution in [0.15, 0.2) is 36.4 Å². The molecule has 2 aliphatic rings. The largest absolute Gasteiger partial charge is 0.493 e. The van der Waals surface area contributed by atoms with Crippen LogP contribution in [-0.2, 0) is 13.0 Å². The van der Waals surface area contributed by atoms with Gasteiger partial charge in [-0.3, -0.25) is 0 Å². The summed E-state index contributed by atoms with van der Waals surface area (Å²) in [6, 6.07) is 11.0. The first kappa shape index (κ1) is 16.3. The summed E-state index contributed by atoms with van der Waals surface area (Å²) in [5, 5.41) is 3.62. The van der Waals surface area contributed by atoms with Crippen LogP contribution in [-0.4, -0.2) is 25.7 Å². The molecule has 2 aliphatic heterocycles. The summed E-state index contributed by atoms with van der Waals surface area (Å²) in [6.07, 6.45) is 2.98. The summed E-state index contributed by atoms with van der Waals surface area (Å²) in [5.74, 6) is -0.554. The highest BCUT2D eigenvalue weighted by Crippen LogP contribution is 2.26. The van der Waals surface area contributed by atoms with Crippen molar-refractivity contribution in [3.63, 3.8) is 0 Å². The van der Waals surface area contributed by atoms with Gasteiger partial charge in [0.15, 0.2) is 11.6 Å². The third kappa shape index (κ3) is 3.61. The van der Waals surface area contributed by atoms with E-state index in [0.717, 1.165) is 56.9 Å². The van der Waals surface area contributed by atoms with Crippen molar-refractivity contribution in [2.75, 3.05) is 24.6 Å². The van der Waals surface area contributed by atoms with Crippen molar-refractivity contribution in [2.45, 2.75) is 31.8 Å². The summed E-state index contributed by atoms with van der Waals surface area (Å²) in [7, 11) is 0. The van der Waals surface area contributed by atoms with Crippen molar-refractivity contribution in [1.29, 1.82) is 0 Å². The number of halogens is 2. The van der Waals surface area contributed by atoms with E-state index in [0.29, 0.717) is 6.04 Å². The van der Waals surface area contributed by atoms with Crippen LogP contribution < -0.4 is 15.0 Å². The number of hydrogen-bond acceptors (Lipinski definition) is 3. The maximum absolute atomic E-state index is 13.4. The molecule has 4 rings (SSSR count). The fraction of sp³-hybridized carbons (Fsp3) is 0.400. The molecule has 0 spiro atoms. The molecule has 1 saturated heterocycles. The molecule has 0 atom stereocenters. The van der Waals surface area contributed by atoms with Crippen LogP contribution in [0.1, 0.15) is 24.0 Å². The highest BCUT2D eigenvalue weighted by atomic mass is 19.2. The first-order chi connectivity index (χ1) is 12.2. The Kier molecular flexibility index (Phi) is 4.57. The fourth-order valence-electron chi connectivity index (χ4n) is 3.64. The molecular weight excluding hydrogens is 322 g/mol. The van der Waals surface area contributed by atoms with Gasteiger partial charge in [-0.2, -0.15) is 0 Å². The second-order valence-corrected chi connectivity index (χ2v) is 6.78. The molecule has 3 nitrogen and oxygen atoms in total. The van der Waals surface area contributed by atoms with Gasteiger partial charge in [-0.25, -0.2) is 8.78 Å². The monoisotopic (exact) mass is 344 g/mol. The Hall–Kier alpha value is -2.14. The second kappa shape index (κ2) is 7.00. The van der Waals surface area contributed by atoms with Crippen LogP contribution >= 0.6 is 0 Å². The zero-order valence-electron chi connectivity index (χ0n) is 14.1. The summed E-state index contributed by atoms with van der Waals surface area (Å²) in [6.45, 7) is 3.33. The van der Waals surface area contributed by atoms with E-state index in [1.165, 1.54) is 23.3 Å². The van der Waals surface area contributed by atoms with Crippen LogP contribution in [0.2, 0.25) is 0 Å². The van der Waals surface area contributed by atoms with Crippen molar-refractivity contribution in [1.82, 2.24) is 5.32 Å². The molecule has 2 heterocycles. The van der Waals surface area contributed by atoms with Gasteiger partial charge in [0.05, 0.1) is 6.61 Å². The Morgan fingerprint density at radius 1 is 1.04 bits per heavy atom. The van der Waals surface area contributed by atoms with Gasteiger partial charge in [-0.1, -0.05) is 12.1 Å². The maximum Gasteiger partial charge on any atom is 0.160 e. The number of benzene rings is 2. The Morgan fingerprint density at radius 2 is 1.88 bits per heavy atom. The minimum atomic E-state index is -0.792. The van der Waals surface area contributed by atoms with Crippen molar-refractivity contribution in [2.24, 2.45) is 0 Å². The molecule has 2 aromatic carbocycles. The average molecular weight is 344 g/mol. The smallest absolute Gasteiger partial charge is 0.160 e. The molecule has 0 bridgehead atoms. The Bertz CT molecular complexity index is 757. The molecule has 0 aromatic heterocycles. The topological polar surface area (TPSA) is 24.5 Å². The predicted molar refractivity (Wildman–Crippen MR) is 94.1 cm³/mol. The van der Waals surface area contributed by atoms with Crippen LogP contribution in [0, 0.1) is 11.6 Å². The van der Waals surface area contributed by atoms with E-state index in [1.54, 1.807) is 6.07 Å². The molecule has 0 radical (unpaired) electrons. The molecule has 0 saturated carbocycles. The van der Waals surface area contributed by atoms with E-state index in [9.17, 15) is 8.78 Å². The number of rotatable bonds is 4. The van der Waals surface area contributed by atoms with Crippen molar-refractivity contribution < 1.29 is 13.5 Å². The lowest BCUT2D eigenvalue weighted by atomic mass is 10.0. The van der Waals surface area contributed by atoms with Crippen LogP contribution in [0.25, 0.3) is 0 Å². The van der Waals surface area contributed by atoms with Crippen LogP contribution in [0.5, 0.6) is 5.75 Å². The summed E-state index contributed by atoms with van der Waals surface area (Å²) in [4.78, 5) is 2.12. The minimum absolute atomic E-state index is 0.450. The molecule has 1 N–H and O–H groups in total. The van der Waals surface area contributed by atoms with Gasteiger partial charge in [0.25, 0.3) is 0 Å². The maximum atomic E-state index is 13.4. The molecule has 25 heavy (non-hydrogen) atoms. The van der Waals surface area contributed by atoms with E-state index in [4.69, 9.17) is 4.74 Å². The summed E-state index contributed by atoms with van der Waals surface area (Å²) in [5.41, 5.74) is 3.34. The number of hydrogen-bond donors (Lipinski definition) is 1. The van der Waals surface area contributed by atoms with E-state index in [2.05, 4.69) is 28.4 Å². The highest BCUT2D eigenvalue weighted by molar-refractivity contribution is 5.47. The summed E-state index contributed by atoms with van der Waals surface area (Å²) >= 11 is 0. The number of nitrogens with one attached hydrogen (secondary N) is 1. The van der Waals surface area contributed by atoms with Gasteiger partial charge in [0, 0.05) is 43.9 Å². The molecule has 0 amide bonds. The second-order valence-electron chi connectivity index (χ2n) is 6.78. The zero-order valence-corrected chi connectivity index (χ0v) is 14.1. The van der Waals surface area contributed by atoms with E-state index in [1.807, 2.05) is 0 Å². The van der Waals surface area contributed by atoms with Gasteiger partial charge in [0.2, 0.25) is 0 Å². The first-order valence-corrected chi connectivity index (χ1v) is 8.87. The number of fused-ring (bicyclic) bond motifs is 1. The molecule has 0 aliphatic carbocycles. The van der Waals surface area contributed by atoms with Crippen LogP contribution in [0.4, 0.5) is 14.5 Å². The third-order valence-electron chi connectivity index (χ3n) is 5.11. The summed E-state index contributed by atoms with van der Waals surface area (Å²) < 4.78 is 32.0. The molecule has 1 fully saturated rings. The molecule has 132 valence electrons. The molecular formula is C20H22F2N2O. The lowest BCUT2D eigenvalue weighted by molar-refractivity contribution is 0.356. The predicted octanol–water partition coefficient (Wildman–Crippen LogP) is 3.66. The van der Waals surface area contributed by atoms with Gasteiger partial charge in [-0.05, 0) is 42.2 Å². The number of anilines is 1. The van der Waals surface area contributed by atoms with E-state index < -0.39 is 11.6 Å². The Labute approximate surface area is 146 Å². The van der Waals surface area contributed by atoms with Crippen molar-refractivity contribution in [3.05, 3.63) is 59.2 Å². The van der Waals surface area contributed by atoms with Crippen molar-refractivity contribution in [3.8, 4) is 5.75 Å². The third-order valence-corrected chi connectivity index (χ3v) is 5.11. The lowest BCUT2D eigenvalue weighted by Gasteiger charge is -2.34. The SMILES string of the molecule is Fc1ccc(N2CCC(NCc3ccc4c(c3)CCO4)CC2)cc1F. The minimum Gasteiger partial charge on any atom is -0.493 e. The number of nitrogens with zero attached hydrogens (tertiary/aromatic N) is 1. The average Bonchev–Trinajstić information content (AvgIpc) is 3.10. The fourth-order valence-corrected chi connectivity index (χ4v) is 3.64. The highest BCUT2D eigenvalue weighted by Gasteiger charge is 2.20. The molecule has 2 aromatic rings. The normalized spacial score (nSPS) is 17.4. The van der Waals surface area contributed by atoms with Gasteiger partial charge >= 0.3 is 0 Å².